The van der Waals surface area contributed by atoms with Gasteiger partial charge < -0.3 is 0 Å². The summed E-state index contributed by atoms with van der Waals surface area (Å²) in [6, 6.07) is 3.00. The number of hydrogen-bond acceptors (Lipinski definition) is 2. The van der Waals surface area contributed by atoms with Crippen LogP contribution in [0.1, 0.15) is 5.69 Å². The Morgan fingerprint density at radius 2 is 2.07 bits per heavy atom. The maximum absolute atomic E-state index is 12.4. The Morgan fingerprint density at radius 1 is 1.47 bits per heavy atom. The summed E-state index contributed by atoms with van der Waals surface area (Å²) < 4.78 is 37.4. The number of hydrogen-bond donors (Lipinski definition) is 0. The Bertz CT molecular complexity index is 472. The first-order chi connectivity index (χ1) is 6.88. The Morgan fingerprint density at radius 3 is 2.53 bits per heavy atom. The largest absolute Gasteiger partial charge is 0.431 e. The monoisotopic (exact) mass is 236 g/mol. The van der Waals surface area contributed by atoms with E-state index in [4.69, 9.17) is 16.9 Å². The van der Waals surface area contributed by atoms with E-state index in [0.29, 0.717) is 10.6 Å². The molecule has 0 aliphatic carbocycles. The van der Waals surface area contributed by atoms with Crippen molar-refractivity contribution in [3.8, 4) is 6.07 Å². The van der Waals surface area contributed by atoms with E-state index < -0.39 is 24.0 Å². The molecule has 0 fully saturated rings. The molecule has 0 unspecified atom stereocenters. The molecule has 0 aliphatic heterocycles. The van der Waals surface area contributed by atoms with Crippen LogP contribution in [0.5, 0.6) is 0 Å². The number of nitriles is 1. The van der Waals surface area contributed by atoms with Crippen LogP contribution < -0.4 is 5.56 Å². The minimum Gasteiger partial charge on any atom is -0.289 e. The van der Waals surface area contributed by atoms with Crippen molar-refractivity contribution in [1.29, 1.82) is 5.26 Å². The Kier molecular flexibility index (Phi) is 3.05. The zero-order valence-electron chi connectivity index (χ0n) is 7.18. The molecule has 1 rings (SSSR count). The van der Waals surface area contributed by atoms with E-state index in [9.17, 15) is 18.0 Å². The molecule has 0 aromatic carbocycles. The van der Waals surface area contributed by atoms with Crippen molar-refractivity contribution < 1.29 is 13.2 Å². The summed E-state index contributed by atoms with van der Waals surface area (Å²) >= 11 is 5.36. The molecule has 0 amide bonds. The van der Waals surface area contributed by atoms with Crippen molar-refractivity contribution in [3.63, 3.8) is 0 Å². The lowest BCUT2D eigenvalue weighted by molar-refractivity contribution is -0.144. The van der Waals surface area contributed by atoms with Gasteiger partial charge in [0.25, 0.3) is 5.56 Å². The standard InChI is InChI=1S/C8H4ClF3N2O/c9-5-1-2-6(8(10,11)12)14(4-3-13)7(5)15/h1-2H,4H2. The second kappa shape index (κ2) is 3.95. The molecule has 80 valence electrons. The van der Waals surface area contributed by atoms with Gasteiger partial charge in [-0.2, -0.15) is 18.4 Å². The minimum absolute atomic E-state index is 0.294. The highest BCUT2D eigenvalue weighted by atomic mass is 35.5. The fourth-order valence-electron chi connectivity index (χ4n) is 1.03. The number of rotatable bonds is 1. The molecule has 0 saturated heterocycles. The molecule has 0 saturated carbocycles. The van der Waals surface area contributed by atoms with Crippen LogP contribution in [0.15, 0.2) is 16.9 Å². The second-order valence-electron chi connectivity index (χ2n) is 2.61. The lowest BCUT2D eigenvalue weighted by atomic mass is 10.3. The Balaban J connectivity index is 3.49. The van der Waals surface area contributed by atoms with Gasteiger partial charge in [0, 0.05) is 0 Å². The number of nitrogens with zero attached hydrogens (tertiary/aromatic N) is 2. The first-order valence-electron chi connectivity index (χ1n) is 3.71. The Hall–Kier alpha value is -1.48. The summed E-state index contributed by atoms with van der Waals surface area (Å²) in [5, 5.41) is 7.96. The third-order valence-electron chi connectivity index (χ3n) is 1.65. The highest BCUT2D eigenvalue weighted by molar-refractivity contribution is 6.30. The van der Waals surface area contributed by atoms with Gasteiger partial charge in [-0.25, -0.2) is 0 Å². The van der Waals surface area contributed by atoms with Crippen molar-refractivity contribution >= 4 is 11.6 Å². The van der Waals surface area contributed by atoms with E-state index in [1.165, 1.54) is 6.07 Å². The van der Waals surface area contributed by atoms with Gasteiger partial charge in [0.2, 0.25) is 0 Å². The van der Waals surface area contributed by atoms with Gasteiger partial charge in [0.15, 0.2) is 0 Å². The molecule has 7 heteroatoms. The molecule has 0 bridgehead atoms. The van der Waals surface area contributed by atoms with Gasteiger partial charge in [-0.1, -0.05) is 11.6 Å². The molecule has 0 N–H and O–H groups in total. The molecule has 15 heavy (non-hydrogen) atoms. The van der Waals surface area contributed by atoms with Gasteiger partial charge in [-0.15, -0.1) is 0 Å². The predicted octanol–water partition coefficient (Wildman–Crippen LogP) is 2.04. The molecular formula is C8H4ClF3N2O. The molecule has 0 radical (unpaired) electrons. The van der Waals surface area contributed by atoms with Gasteiger partial charge in [-0.05, 0) is 12.1 Å². The lowest BCUT2D eigenvalue weighted by Crippen LogP contribution is -2.27. The van der Waals surface area contributed by atoms with E-state index in [0.717, 1.165) is 6.07 Å². The summed E-state index contributed by atoms with van der Waals surface area (Å²) in [5.41, 5.74) is -2.20. The van der Waals surface area contributed by atoms with Crippen LogP contribution in [0, 0.1) is 11.3 Å². The zero-order valence-corrected chi connectivity index (χ0v) is 7.93. The van der Waals surface area contributed by atoms with E-state index in [1.54, 1.807) is 0 Å². The molecule has 3 nitrogen and oxygen atoms in total. The van der Waals surface area contributed by atoms with Gasteiger partial charge >= 0.3 is 6.18 Å². The van der Waals surface area contributed by atoms with E-state index in [-0.39, 0.29) is 5.02 Å². The van der Waals surface area contributed by atoms with Gasteiger partial charge in [-0.3, -0.25) is 9.36 Å². The highest BCUT2D eigenvalue weighted by Gasteiger charge is 2.34. The summed E-state index contributed by atoms with van der Waals surface area (Å²) in [5.74, 6) is 0. The number of alkyl halides is 3. The Labute approximate surface area is 87.3 Å². The molecule has 0 aliphatic rings. The topological polar surface area (TPSA) is 45.8 Å². The van der Waals surface area contributed by atoms with Crippen molar-refractivity contribution in [3.05, 3.63) is 33.2 Å². The highest BCUT2D eigenvalue weighted by Crippen LogP contribution is 2.28. The van der Waals surface area contributed by atoms with Crippen LogP contribution in [-0.4, -0.2) is 4.57 Å². The first-order valence-corrected chi connectivity index (χ1v) is 4.09. The molecule has 1 heterocycles. The molecule has 0 atom stereocenters. The van der Waals surface area contributed by atoms with Crippen molar-refractivity contribution in [1.82, 2.24) is 4.57 Å². The van der Waals surface area contributed by atoms with E-state index >= 15 is 0 Å². The first kappa shape index (κ1) is 11.6. The summed E-state index contributed by atoms with van der Waals surface area (Å²) in [6.07, 6.45) is -4.68. The average Bonchev–Trinajstić information content (AvgIpc) is 2.11. The van der Waals surface area contributed by atoms with Crippen LogP contribution in [0.3, 0.4) is 0 Å². The van der Waals surface area contributed by atoms with E-state index in [1.807, 2.05) is 0 Å². The number of pyridine rings is 1. The fourth-order valence-corrected chi connectivity index (χ4v) is 1.19. The summed E-state index contributed by atoms with van der Waals surface area (Å²) in [6.45, 7) is -0.686. The maximum atomic E-state index is 12.4. The van der Waals surface area contributed by atoms with Crippen molar-refractivity contribution in [2.24, 2.45) is 0 Å². The maximum Gasteiger partial charge on any atom is 0.431 e. The third-order valence-corrected chi connectivity index (χ3v) is 1.93. The molecule has 1 aromatic rings. The van der Waals surface area contributed by atoms with Crippen LogP contribution in [0.25, 0.3) is 0 Å². The third kappa shape index (κ3) is 2.30. The smallest absolute Gasteiger partial charge is 0.289 e. The van der Waals surface area contributed by atoms with Crippen LogP contribution in [0.2, 0.25) is 5.02 Å². The number of aromatic nitrogens is 1. The van der Waals surface area contributed by atoms with Gasteiger partial charge in [0.1, 0.15) is 17.3 Å². The second-order valence-corrected chi connectivity index (χ2v) is 3.02. The zero-order chi connectivity index (χ0) is 11.6. The average molecular weight is 237 g/mol. The predicted molar refractivity (Wildman–Crippen MR) is 46.3 cm³/mol. The van der Waals surface area contributed by atoms with Crippen LogP contribution in [-0.2, 0) is 12.7 Å². The van der Waals surface area contributed by atoms with E-state index in [2.05, 4.69) is 0 Å². The SMILES string of the molecule is N#CCn1c(C(F)(F)F)ccc(Cl)c1=O. The summed E-state index contributed by atoms with van der Waals surface area (Å²) in [7, 11) is 0. The molecular weight excluding hydrogens is 233 g/mol. The summed E-state index contributed by atoms with van der Waals surface area (Å²) in [4.78, 5) is 11.2. The minimum atomic E-state index is -4.68. The van der Waals surface area contributed by atoms with Crippen molar-refractivity contribution in [2.45, 2.75) is 12.7 Å². The quantitative estimate of drug-likeness (QED) is 0.749. The molecule has 1 aromatic heterocycles. The normalized spacial score (nSPS) is 11.1. The van der Waals surface area contributed by atoms with Crippen LogP contribution >= 0.6 is 11.6 Å². The molecule has 0 spiro atoms. The lowest BCUT2D eigenvalue weighted by Gasteiger charge is -2.12. The van der Waals surface area contributed by atoms with Crippen molar-refractivity contribution in [2.75, 3.05) is 0 Å². The number of halogens is 4. The van der Waals surface area contributed by atoms with Gasteiger partial charge in [0.05, 0.1) is 6.07 Å². The fraction of sp³-hybridized carbons (Fsp3) is 0.250. The van der Waals surface area contributed by atoms with Crippen LogP contribution in [0.4, 0.5) is 13.2 Å².